The third-order valence-electron chi connectivity index (χ3n) is 4.24. The van der Waals surface area contributed by atoms with E-state index in [0.29, 0.717) is 0 Å². The largest absolute Gasteiger partial charge is 0.315 e. The van der Waals surface area contributed by atoms with Crippen molar-refractivity contribution < 1.29 is 0 Å². The van der Waals surface area contributed by atoms with Gasteiger partial charge in [-0.15, -0.1) is 0 Å². The Bertz CT molecular complexity index is 201. The van der Waals surface area contributed by atoms with Crippen molar-refractivity contribution >= 4 is 0 Å². The molecule has 15 heavy (non-hydrogen) atoms. The molecule has 3 atom stereocenters. The van der Waals surface area contributed by atoms with E-state index in [1.54, 1.807) is 0 Å². The molecule has 1 aliphatic heterocycles. The highest BCUT2D eigenvalue weighted by molar-refractivity contribution is 4.89. The van der Waals surface area contributed by atoms with Crippen LogP contribution in [0.5, 0.6) is 0 Å². The van der Waals surface area contributed by atoms with Crippen molar-refractivity contribution in [2.75, 3.05) is 20.1 Å². The van der Waals surface area contributed by atoms with Crippen LogP contribution in [-0.2, 0) is 0 Å². The van der Waals surface area contributed by atoms with E-state index < -0.39 is 0 Å². The van der Waals surface area contributed by atoms with Gasteiger partial charge in [-0.3, -0.25) is 4.90 Å². The monoisotopic (exact) mass is 210 g/mol. The first kappa shape index (κ1) is 11.4. The summed E-state index contributed by atoms with van der Waals surface area (Å²) < 4.78 is 0. The first-order valence-corrected chi connectivity index (χ1v) is 6.62. The van der Waals surface area contributed by atoms with E-state index in [9.17, 15) is 0 Å². The maximum absolute atomic E-state index is 3.51. The van der Waals surface area contributed by atoms with Gasteiger partial charge in [0.25, 0.3) is 0 Å². The zero-order valence-electron chi connectivity index (χ0n) is 10.5. The van der Waals surface area contributed by atoms with Gasteiger partial charge >= 0.3 is 0 Å². The first-order chi connectivity index (χ1) is 7.20. The van der Waals surface area contributed by atoms with Gasteiger partial charge in [-0.05, 0) is 51.5 Å². The average molecular weight is 210 g/mol. The molecule has 88 valence electrons. The van der Waals surface area contributed by atoms with Gasteiger partial charge in [0, 0.05) is 25.2 Å². The molecule has 1 saturated carbocycles. The van der Waals surface area contributed by atoms with Crippen molar-refractivity contribution in [2.45, 2.75) is 51.6 Å². The second-order valence-electron chi connectivity index (χ2n) is 5.72. The second kappa shape index (κ2) is 4.84. The van der Waals surface area contributed by atoms with E-state index in [2.05, 4.69) is 31.1 Å². The third kappa shape index (κ3) is 2.94. The van der Waals surface area contributed by atoms with Crippen LogP contribution < -0.4 is 5.32 Å². The molecule has 1 aliphatic carbocycles. The lowest BCUT2D eigenvalue weighted by molar-refractivity contribution is 0.110. The van der Waals surface area contributed by atoms with Gasteiger partial charge in [-0.1, -0.05) is 6.92 Å². The van der Waals surface area contributed by atoms with Gasteiger partial charge in [0.05, 0.1) is 0 Å². The molecule has 0 aromatic carbocycles. The number of likely N-dealkylation sites (N-methyl/N-ethyl adjacent to an activating group) is 1. The molecule has 2 rings (SSSR count). The molecular formula is C13H26N2. The smallest absolute Gasteiger partial charge is 0.0220 e. The Morgan fingerprint density at radius 2 is 1.93 bits per heavy atom. The molecule has 0 aromatic rings. The molecule has 2 fully saturated rings. The van der Waals surface area contributed by atoms with E-state index in [-0.39, 0.29) is 0 Å². The lowest BCUT2D eigenvalue weighted by Gasteiger charge is -2.38. The number of nitrogens with zero attached hydrogens (tertiary/aromatic N) is 1. The maximum Gasteiger partial charge on any atom is 0.0220 e. The molecule has 1 heterocycles. The molecule has 0 radical (unpaired) electrons. The summed E-state index contributed by atoms with van der Waals surface area (Å²) in [6.45, 7) is 7.37. The molecule has 2 heteroatoms. The topological polar surface area (TPSA) is 15.3 Å². The van der Waals surface area contributed by atoms with E-state index in [0.717, 1.165) is 23.9 Å². The summed E-state index contributed by atoms with van der Waals surface area (Å²) >= 11 is 0. The zero-order valence-corrected chi connectivity index (χ0v) is 10.5. The number of rotatable bonds is 4. The van der Waals surface area contributed by atoms with Crippen molar-refractivity contribution in [3.8, 4) is 0 Å². The highest BCUT2D eigenvalue weighted by Crippen LogP contribution is 2.33. The fourth-order valence-corrected chi connectivity index (χ4v) is 2.86. The number of hydrogen-bond donors (Lipinski definition) is 1. The highest BCUT2D eigenvalue weighted by atomic mass is 15.2. The summed E-state index contributed by atoms with van der Waals surface area (Å²) in [5.41, 5.74) is 0. The number of likely N-dealkylation sites (tertiary alicyclic amines) is 1. The number of piperidine rings is 1. The normalized spacial score (nSPS) is 35.4. The lowest BCUT2D eigenvalue weighted by Crippen LogP contribution is -2.48. The number of hydrogen-bond acceptors (Lipinski definition) is 2. The SMILES string of the molecule is CNC(CN1CC(C)CCC1C)C1CC1. The van der Waals surface area contributed by atoms with Crippen LogP contribution in [0, 0.1) is 11.8 Å². The first-order valence-electron chi connectivity index (χ1n) is 6.62. The van der Waals surface area contributed by atoms with Crippen LogP contribution in [0.25, 0.3) is 0 Å². The fraction of sp³-hybridized carbons (Fsp3) is 1.00. The summed E-state index contributed by atoms with van der Waals surface area (Å²) in [6, 6.07) is 1.55. The van der Waals surface area contributed by atoms with Crippen molar-refractivity contribution in [1.29, 1.82) is 0 Å². The summed E-state index contributed by atoms with van der Waals surface area (Å²) in [5.74, 6) is 1.87. The molecule has 0 bridgehead atoms. The molecule has 0 spiro atoms. The van der Waals surface area contributed by atoms with E-state index in [1.165, 1.54) is 38.8 Å². The van der Waals surface area contributed by atoms with E-state index >= 15 is 0 Å². The van der Waals surface area contributed by atoms with Gasteiger partial charge < -0.3 is 5.32 Å². The van der Waals surface area contributed by atoms with Crippen molar-refractivity contribution in [3.63, 3.8) is 0 Å². The van der Waals surface area contributed by atoms with Crippen LogP contribution in [0.1, 0.15) is 39.5 Å². The van der Waals surface area contributed by atoms with Crippen molar-refractivity contribution in [1.82, 2.24) is 10.2 Å². The van der Waals surface area contributed by atoms with Crippen LogP contribution >= 0.6 is 0 Å². The fourth-order valence-electron chi connectivity index (χ4n) is 2.86. The van der Waals surface area contributed by atoms with Gasteiger partial charge in [-0.2, -0.15) is 0 Å². The molecule has 2 nitrogen and oxygen atoms in total. The molecular weight excluding hydrogens is 184 g/mol. The van der Waals surface area contributed by atoms with Gasteiger partial charge in [-0.25, -0.2) is 0 Å². The van der Waals surface area contributed by atoms with Crippen LogP contribution in [0.3, 0.4) is 0 Å². The third-order valence-corrected chi connectivity index (χ3v) is 4.24. The quantitative estimate of drug-likeness (QED) is 0.764. The number of nitrogens with one attached hydrogen (secondary N) is 1. The van der Waals surface area contributed by atoms with Gasteiger partial charge in [0.1, 0.15) is 0 Å². The van der Waals surface area contributed by atoms with Gasteiger partial charge in [0.15, 0.2) is 0 Å². The Morgan fingerprint density at radius 1 is 1.20 bits per heavy atom. The standard InChI is InChI=1S/C13H26N2/c1-10-4-5-11(2)15(8-10)9-13(14-3)12-6-7-12/h10-14H,4-9H2,1-3H3. The zero-order chi connectivity index (χ0) is 10.8. The Labute approximate surface area is 94.4 Å². The maximum atomic E-state index is 3.51. The van der Waals surface area contributed by atoms with Gasteiger partial charge in [0.2, 0.25) is 0 Å². The molecule has 1 N–H and O–H groups in total. The minimum absolute atomic E-state index is 0.748. The summed E-state index contributed by atoms with van der Waals surface area (Å²) in [6.07, 6.45) is 5.71. The Balaban J connectivity index is 1.84. The van der Waals surface area contributed by atoms with Crippen molar-refractivity contribution in [2.24, 2.45) is 11.8 Å². The molecule has 1 saturated heterocycles. The average Bonchev–Trinajstić information content (AvgIpc) is 3.03. The lowest BCUT2D eigenvalue weighted by atomic mass is 9.94. The summed E-state index contributed by atoms with van der Waals surface area (Å²) in [4.78, 5) is 2.70. The predicted octanol–water partition coefficient (Wildman–Crippen LogP) is 2.10. The minimum atomic E-state index is 0.748. The predicted molar refractivity (Wildman–Crippen MR) is 65.0 cm³/mol. The second-order valence-corrected chi connectivity index (χ2v) is 5.72. The molecule has 2 aliphatic rings. The van der Waals surface area contributed by atoms with E-state index in [1.807, 2.05) is 0 Å². The minimum Gasteiger partial charge on any atom is -0.315 e. The Kier molecular flexibility index (Phi) is 3.68. The van der Waals surface area contributed by atoms with Crippen LogP contribution in [-0.4, -0.2) is 37.1 Å². The van der Waals surface area contributed by atoms with Crippen LogP contribution in [0.2, 0.25) is 0 Å². The molecule has 3 unspecified atom stereocenters. The Morgan fingerprint density at radius 3 is 2.53 bits per heavy atom. The van der Waals surface area contributed by atoms with Crippen LogP contribution in [0.4, 0.5) is 0 Å². The van der Waals surface area contributed by atoms with Crippen LogP contribution in [0.15, 0.2) is 0 Å². The Hall–Kier alpha value is -0.0800. The van der Waals surface area contributed by atoms with E-state index in [4.69, 9.17) is 0 Å². The highest BCUT2D eigenvalue weighted by Gasteiger charge is 2.33. The summed E-state index contributed by atoms with van der Waals surface area (Å²) in [5, 5.41) is 3.51. The molecule has 0 aromatic heterocycles. The molecule has 0 amide bonds. The van der Waals surface area contributed by atoms with Crippen molar-refractivity contribution in [3.05, 3.63) is 0 Å². The summed E-state index contributed by atoms with van der Waals surface area (Å²) in [7, 11) is 2.13.